The molecule has 4 heterocycles. The number of benzene rings is 2. The largest absolute Gasteiger partial charge is 0.423 e. The number of carbonyl (C=O) groups excluding carboxylic acids is 1. The lowest BCUT2D eigenvalue weighted by Crippen LogP contribution is -2.52. The van der Waals surface area contributed by atoms with Crippen LogP contribution in [0, 0.1) is 21.4 Å². The topological polar surface area (TPSA) is 197 Å². The number of anilines is 1. The van der Waals surface area contributed by atoms with Crippen LogP contribution >= 0.6 is 0 Å². The van der Waals surface area contributed by atoms with Crippen LogP contribution in [0.15, 0.2) is 75.8 Å². The van der Waals surface area contributed by atoms with Crippen LogP contribution in [0.4, 0.5) is 11.4 Å². The second kappa shape index (κ2) is 8.74. The van der Waals surface area contributed by atoms with E-state index in [1.54, 1.807) is 30.5 Å². The highest BCUT2D eigenvalue weighted by atomic mass is 16.6. The van der Waals surface area contributed by atoms with Gasteiger partial charge in [0.15, 0.2) is 5.41 Å². The molecule has 0 fully saturated rings. The Morgan fingerprint density at radius 3 is 2.49 bits per heavy atom. The summed E-state index contributed by atoms with van der Waals surface area (Å²) in [5, 5.41) is 29.4. The Labute approximate surface area is 229 Å². The first-order valence-corrected chi connectivity index (χ1v) is 12.1. The highest BCUT2D eigenvalue weighted by molar-refractivity contribution is 6.14. The maximum Gasteiger partial charge on any atom is 0.333 e. The molecule has 1 unspecified atom stereocenters. The minimum Gasteiger partial charge on any atom is -0.423 e. The molecule has 15 heteroatoms. The number of hydrogen-bond donors (Lipinski definition) is 1. The fourth-order valence-corrected chi connectivity index (χ4v) is 5.35. The van der Waals surface area contributed by atoms with Crippen molar-refractivity contribution in [2.45, 2.75) is 12.0 Å². The molecule has 2 N–H and O–H groups in total. The van der Waals surface area contributed by atoms with Crippen molar-refractivity contribution >= 4 is 17.3 Å². The summed E-state index contributed by atoms with van der Waals surface area (Å²) in [4.78, 5) is 52.7. The number of ether oxygens (including phenoxy) is 1. The van der Waals surface area contributed by atoms with Gasteiger partial charge in [0.1, 0.15) is 22.9 Å². The molecular formula is C26H19N9O6. The summed E-state index contributed by atoms with van der Waals surface area (Å²) in [6.07, 6.45) is 1.55. The molecule has 0 aliphatic carbocycles. The predicted molar refractivity (Wildman–Crippen MR) is 141 cm³/mol. The first-order chi connectivity index (χ1) is 19.6. The fraction of sp³-hybridized carbons (Fsp3) is 0.154. The van der Waals surface area contributed by atoms with Gasteiger partial charge in [-0.15, -0.1) is 5.10 Å². The molecule has 4 aromatic rings. The molecule has 2 aromatic carbocycles. The van der Waals surface area contributed by atoms with Crippen LogP contribution < -0.4 is 26.6 Å². The van der Waals surface area contributed by atoms with Crippen LogP contribution in [0.3, 0.4) is 0 Å². The molecule has 1 amide bonds. The fourth-order valence-electron chi connectivity index (χ4n) is 5.35. The summed E-state index contributed by atoms with van der Waals surface area (Å²) < 4.78 is 8.91. The van der Waals surface area contributed by atoms with Crippen molar-refractivity contribution in [3.8, 4) is 17.6 Å². The van der Waals surface area contributed by atoms with Crippen molar-refractivity contribution < 1.29 is 14.5 Å². The molecule has 15 nitrogen and oxygen atoms in total. The lowest BCUT2D eigenvalue weighted by atomic mass is 9.69. The highest BCUT2D eigenvalue weighted by Crippen LogP contribution is 2.54. The van der Waals surface area contributed by atoms with Gasteiger partial charge in [0.2, 0.25) is 17.7 Å². The van der Waals surface area contributed by atoms with Crippen LogP contribution in [-0.4, -0.2) is 35.0 Å². The Kier molecular flexibility index (Phi) is 5.38. The molecule has 0 saturated heterocycles. The summed E-state index contributed by atoms with van der Waals surface area (Å²) in [6.45, 7) is -0.106. The first kappa shape index (κ1) is 25.2. The number of amides is 1. The monoisotopic (exact) mass is 553 g/mol. The Bertz CT molecular complexity index is 2000. The van der Waals surface area contributed by atoms with Crippen molar-refractivity contribution in [1.82, 2.24) is 24.1 Å². The molecule has 0 radical (unpaired) electrons. The van der Waals surface area contributed by atoms with Gasteiger partial charge in [0.05, 0.1) is 23.4 Å². The van der Waals surface area contributed by atoms with Gasteiger partial charge in [-0.25, -0.2) is 9.48 Å². The zero-order chi connectivity index (χ0) is 29.2. The number of aromatic nitrogens is 5. The van der Waals surface area contributed by atoms with Crippen LogP contribution in [-0.2, 0) is 30.8 Å². The number of para-hydroxylation sites is 1. The summed E-state index contributed by atoms with van der Waals surface area (Å²) in [5.74, 6) is -1.30. The number of carbonyl (C=O) groups is 1. The number of rotatable bonds is 4. The maximum absolute atomic E-state index is 14.5. The molecule has 0 bridgehead atoms. The van der Waals surface area contributed by atoms with Crippen LogP contribution in [0.1, 0.15) is 16.8 Å². The number of nitro groups is 1. The van der Waals surface area contributed by atoms with E-state index in [9.17, 15) is 29.8 Å². The van der Waals surface area contributed by atoms with Crippen molar-refractivity contribution in [3.63, 3.8) is 0 Å². The smallest absolute Gasteiger partial charge is 0.333 e. The zero-order valence-corrected chi connectivity index (χ0v) is 21.5. The van der Waals surface area contributed by atoms with Crippen LogP contribution in [0.5, 0.6) is 5.88 Å². The van der Waals surface area contributed by atoms with Gasteiger partial charge in [0, 0.05) is 37.5 Å². The summed E-state index contributed by atoms with van der Waals surface area (Å²) in [6, 6.07) is 14.3. The number of nitrogens with two attached hydrogens (primary N) is 1. The molecule has 204 valence electrons. The highest BCUT2D eigenvalue weighted by Gasteiger charge is 2.61. The van der Waals surface area contributed by atoms with E-state index < -0.39 is 33.4 Å². The molecule has 6 rings (SSSR count). The standard InChI is InChI=1S/C26H19N9O6/c1-31-22(36)20-23(32(2)25(31)38)41-21(28)18(11-27)26(20)17-5-3-4-6-19(17)33(24(26)37)12-14-13-34(30-29-14)15-7-9-16(10-8-15)35(39)40/h3-10,13H,12,28H2,1-2H3. The average Bonchev–Trinajstić information content (AvgIpc) is 3.53. The Hall–Kier alpha value is -6.04. The van der Waals surface area contributed by atoms with E-state index >= 15 is 0 Å². The third-order valence-corrected chi connectivity index (χ3v) is 7.28. The van der Waals surface area contributed by atoms with Gasteiger partial charge in [-0.05, 0) is 18.2 Å². The van der Waals surface area contributed by atoms with Gasteiger partial charge in [-0.3, -0.25) is 28.8 Å². The van der Waals surface area contributed by atoms with E-state index in [4.69, 9.17) is 10.5 Å². The number of nitriles is 1. The van der Waals surface area contributed by atoms with E-state index in [2.05, 4.69) is 10.3 Å². The normalized spacial score (nSPS) is 17.3. The second-order valence-corrected chi connectivity index (χ2v) is 9.43. The molecule has 41 heavy (non-hydrogen) atoms. The van der Waals surface area contributed by atoms with E-state index in [0.29, 0.717) is 22.6 Å². The van der Waals surface area contributed by atoms with Crippen molar-refractivity contribution in [3.05, 3.63) is 114 Å². The quantitative estimate of drug-likeness (QED) is 0.274. The third kappa shape index (κ3) is 3.34. The minimum atomic E-state index is -1.99. The second-order valence-electron chi connectivity index (χ2n) is 9.43. The summed E-state index contributed by atoms with van der Waals surface area (Å²) in [5.41, 5.74) is 3.64. The predicted octanol–water partition coefficient (Wildman–Crippen LogP) is 0.492. The number of non-ortho nitro benzene ring substituents is 1. The molecule has 2 aromatic heterocycles. The van der Waals surface area contributed by atoms with Crippen LogP contribution in [0.25, 0.3) is 5.69 Å². The van der Waals surface area contributed by atoms with Gasteiger partial charge in [0.25, 0.3) is 11.2 Å². The third-order valence-electron chi connectivity index (χ3n) is 7.28. The van der Waals surface area contributed by atoms with Gasteiger partial charge >= 0.3 is 5.69 Å². The molecule has 0 saturated carbocycles. The van der Waals surface area contributed by atoms with Crippen LogP contribution in [0.2, 0.25) is 0 Å². The molecule has 1 atom stereocenters. The van der Waals surface area contributed by atoms with Gasteiger partial charge in [-0.1, -0.05) is 23.4 Å². The molecular weight excluding hydrogens is 534 g/mol. The maximum atomic E-state index is 14.5. The molecule has 2 aliphatic rings. The molecule has 1 spiro atoms. The number of fused-ring (bicyclic) bond motifs is 4. The summed E-state index contributed by atoms with van der Waals surface area (Å²) >= 11 is 0. The minimum absolute atomic E-state index is 0.0836. The van der Waals surface area contributed by atoms with E-state index in [1.165, 1.54) is 47.9 Å². The van der Waals surface area contributed by atoms with Crippen molar-refractivity contribution in [2.75, 3.05) is 4.90 Å². The number of nitro benzene ring substituents is 1. The van der Waals surface area contributed by atoms with E-state index in [0.717, 1.165) is 9.13 Å². The van der Waals surface area contributed by atoms with Crippen molar-refractivity contribution in [1.29, 1.82) is 5.26 Å². The zero-order valence-electron chi connectivity index (χ0n) is 21.5. The van der Waals surface area contributed by atoms with E-state index in [1.807, 2.05) is 6.07 Å². The van der Waals surface area contributed by atoms with Crippen molar-refractivity contribution in [2.24, 2.45) is 19.8 Å². The first-order valence-electron chi connectivity index (χ1n) is 12.1. The SMILES string of the molecule is Cn1c2c(c(=O)n(C)c1=O)C1(C(=O)N(Cc3cn(-c4ccc([N+](=O)[O-])cc4)nn3)c3ccccc31)C(C#N)=C(N)O2. The van der Waals surface area contributed by atoms with Gasteiger partial charge in [-0.2, -0.15) is 5.26 Å². The Morgan fingerprint density at radius 2 is 1.80 bits per heavy atom. The lowest BCUT2D eigenvalue weighted by Gasteiger charge is -2.34. The van der Waals surface area contributed by atoms with E-state index in [-0.39, 0.29) is 29.2 Å². The Balaban J connectivity index is 1.51. The molecule has 2 aliphatic heterocycles. The summed E-state index contributed by atoms with van der Waals surface area (Å²) in [7, 11) is 2.64. The number of hydrogen-bond acceptors (Lipinski definition) is 10. The average molecular weight is 553 g/mol. The Morgan fingerprint density at radius 1 is 1.10 bits per heavy atom. The lowest BCUT2D eigenvalue weighted by molar-refractivity contribution is -0.384. The number of nitrogens with zero attached hydrogens (tertiary/aromatic N) is 8. The van der Waals surface area contributed by atoms with Gasteiger partial charge < -0.3 is 15.4 Å².